The number of aryl methyl sites for hydroxylation is 1. The Kier molecular flexibility index (Phi) is 5.15. The van der Waals surface area contributed by atoms with Crippen LogP contribution in [0.15, 0.2) is 27.3 Å². The molecule has 0 spiro atoms. The molecule has 0 aromatic carbocycles. The Bertz CT molecular complexity index is 664. The molecule has 8 heteroatoms. The van der Waals surface area contributed by atoms with Crippen LogP contribution < -0.4 is 5.32 Å². The number of aromatic nitrogens is 2. The summed E-state index contributed by atoms with van der Waals surface area (Å²) in [6.45, 7) is 3.36. The molecule has 0 saturated carbocycles. The molecule has 2 aromatic heterocycles. The van der Waals surface area contributed by atoms with Gasteiger partial charge >= 0.3 is 5.97 Å². The first-order chi connectivity index (χ1) is 10.9. The molecular weight excluding hydrogens is 302 g/mol. The summed E-state index contributed by atoms with van der Waals surface area (Å²) in [5.74, 6) is -0.344. The largest absolute Gasteiger partial charge is 0.480 e. The molecule has 2 rings (SSSR count). The highest BCUT2D eigenvalue weighted by molar-refractivity contribution is 5.86. The number of amides is 1. The highest BCUT2D eigenvalue weighted by Crippen LogP contribution is 2.17. The monoisotopic (exact) mass is 321 g/mol. The lowest BCUT2D eigenvalue weighted by Gasteiger charge is -2.25. The van der Waals surface area contributed by atoms with Crippen molar-refractivity contribution < 1.29 is 23.6 Å². The van der Waals surface area contributed by atoms with Crippen LogP contribution in [0.2, 0.25) is 0 Å². The summed E-state index contributed by atoms with van der Waals surface area (Å²) in [6, 6.07) is 3.41. The van der Waals surface area contributed by atoms with Gasteiger partial charge in [0, 0.05) is 12.8 Å². The first-order valence-electron chi connectivity index (χ1n) is 7.35. The number of nitrogens with zero attached hydrogens (tertiary/aromatic N) is 2. The third-order valence-corrected chi connectivity index (χ3v) is 3.41. The van der Waals surface area contributed by atoms with Crippen LogP contribution in [0.1, 0.15) is 39.0 Å². The lowest BCUT2D eigenvalue weighted by molar-refractivity contribution is -0.147. The van der Waals surface area contributed by atoms with Crippen molar-refractivity contribution >= 4 is 11.9 Å². The maximum absolute atomic E-state index is 12.0. The highest BCUT2D eigenvalue weighted by Gasteiger charge is 2.33. The van der Waals surface area contributed by atoms with Crippen LogP contribution in [-0.2, 0) is 16.0 Å². The first kappa shape index (κ1) is 16.7. The Morgan fingerprint density at radius 1 is 1.43 bits per heavy atom. The first-order valence-corrected chi connectivity index (χ1v) is 7.35. The number of carbonyl (C=O) groups is 2. The number of nitrogens with one attached hydrogen (secondary N) is 1. The summed E-state index contributed by atoms with van der Waals surface area (Å²) in [4.78, 5) is 27.4. The molecule has 0 saturated heterocycles. The van der Waals surface area contributed by atoms with Crippen molar-refractivity contribution in [1.29, 1.82) is 0 Å². The minimum absolute atomic E-state index is 0.0619. The Labute approximate surface area is 132 Å². The summed E-state index contributed by atoms with van der Waals surface area (Å²) in [5.41, 5.74) is -1.26. The maximum Gasteiger partial charge on any atom is 0.329 e. The topological polar surface area (TPSA) is 118 Å². The van der Waals surface area contributed by atoms with E-state index in [0.717, 1.165) is 0 Å². The highest BCUT2D eigenvalue weighted by atomic mass is 16.5. The van der Waals surface area contributed by atoms with Gasteiger partial charge in [-0.2, -0.15) is 4.98 Å². The van der Waals surface area contributed by atoms with E-state index in [4.69, 9.17) is 8.94 Å². The fourth-order valence-electron chi connectivity index (χ4n) is 2.18. The lowest BCUT2D eigenvalue weighted by Crippen LogP contribution is -2.52. The number of carbonyl (C=O) groups excluding carboxylic acids is 1. The van der Waals surface area contributed by atoms with Gasteiger partial charge in [-0.3, -0.25) is 4.79 Å². The Morgan fingerprint density at radius 2 is 2.22 bits per heavy atom. The second-order valence-corrected chi connectivity index (χ2v) is 5.42. The zero-order valence-corrected chi connectivity index (χ0v) is 13.0. The van der Waals surface area contributed by atoms with E-state index in [2.05, 4.69) is 15.5 Å². The van der Waals surface area contributed by atoms with E-state index in [1.165, 1.54) is 13.2 Å². The molecule has 124 valence electrons. The van der Waals surface area contributed by atoms with Gasteiger partial charge in [-0.25, -0.2) is 4.79 Å². The average molecular weight is 321 g/mol. The molecule has 2 N–H and O–H groups in total. The molecule has 0 bridgehead atoms. The number of carboxylic acids is 1. The molecular formula is C15H19N3O5. The van der Waals surface area contributed by atoms with Gasteiger partial charge in [0.05, 0.1) is 6.26 Å². The number of furan rings is 1. The van der Waals surface area contributed by atoms with Crippen LogP contribution in [0.3, 0.4) is 0 Å². The van der Waals surface area contributed by atoms with Gasteiger partial charge in [0.2, 0.25) is 17.6 Å². The third kappa shape index (κ3) is 4.18. The fraction of sp³-hybridized carbons (Fsp3) is 0.467. The minimum atomic E-state index is -1.26. The second kappa shape index (κ2) is 7.08. The Hall–Kier alpha value is -2.64. The molecule has 0 fully saturated rings. The van der Waals surface area contributed by atoms with E-state index >= 15 is 0 Å². The molecule has 8 nitrogen and oxygen atoms in total. The molecule has 0 aliphatic rings. The lowest BCUT2D eigenvalue weighted by atomic mass is 9.96. The van der Waals surface area contributed by atoms with E-state index in [0.29, 0.717) is 30.3 Å². The fourth-order valence-corrected chi connectivity index (χ4v) is 2.18. The molecule has 0 aliphatic carbocycles. The van der Waals surface area contributed by atoms with Crippen LogP contribution >= 0.6 is 0 Å². The molecule has 1 amide bonds. The molecule has 0 radical (unpaired) electrons. The van der Waals surface area contributed by atoms with E-state index in [1.807, 2.05) is 6.92 Å². The smallest absolute Gasteiger partial charge is 0.329 e. The van der Waals surface area contributed by atoms with Crippen LogP contribution in [0.25, 0.3) is 11.6 Å². The van der Waals surface area contributed by atoms with Crippen molar-refractivity contribution in [2.24, 2.45) is 0 Å². The Balaban J connectivity index is 1.90. The van der Waals surface area contributed by atoms with Crippen molar-refractivity contribution in [3.05, 3.63) is 24.3 Å². The summed E-state index contributed by atoms with van der Waals surface area (Å²) in [7, 11) is 0. The number of hydrogen-bond acceptors (Lipinski definition) is 6. The van der Waals surface area contributed by atoms with Gasteiger partial charge < -0.3 is 19.4 Å². The van der Waals surface area contributed by atoms with Gasteiger partial charge in [0.25, 0.3) is 0 Å². The van der Waals surface area contributed by atoms with Crippen molar-refractivity contribution in [1.82, 2.24) is 15.5 Å². The zero-order valence-electron chi connectivity index (χ0n) is 13.0. The Morgan fingerprint density at radius 3 is 2.83 bits per heavy atom. The van der Waals surface area contributed by atoms with Crippen LogP contribution in [0, 0.1) is 0 Å². The molecule has 23 heavy (non-hydrogen) atoms. The molecule has 0 aliphatic heterocycles. The maximum atomic E-state index is 12.0. The standard InChI is InChI=1S/C15H19N3O5/c1-3-8-15(2,14(20)21)17-11(19)6-7-12-16-13(18-23-12)10-5-4-9-22-10/h4-5,9H,3,6-8H2,1-2H3,(H,17,19)(H,20,21). The van der Waals surface area contributed by atoms with Crippen LogP contribution in [0.4, 0.5) is 0 Å². The number of carboxylic acid groups (broad SMARTS) is 1. The van der Waals surface area contributed by atoms with Gasteiger partial charge in [0.15, 0.2) is 5.76 Å². The van der Waals surface area contributed by atoms with E-state index in [1.54, 1.807) is 12.1 Å². The van der Waals surface area contributed by atoms with Crippen molar-refractivity contribution in [2.75, 3.05) is 0 Å². The number of rotatable bonds is 8. The molecule has 1 unspecified atom stereocenters. The third-order valence-electron chi connectivity index (χ3n) is 3.41. The second-order valence-electron chi connectivity index (χ2n) is 5.42. The number of aliphatic carboxylic acids is 1. The minimum Gasteiger partial charge on any atom is -0.480 e. The summed E-state index contributed by atoms with van der Waals surface area (Å²) in [6.07, 6.45) is 2.80. The number of hydrogen-bond donors (Lipinski definition) is 2. The summed E-state index contributed by atoms with van der Waals surface area (Å²) >= 11 is 0. The van der Waals surface area contributed by atoms with E-state index in [-0.39, 0.29) is 18.7 Å². The quantitative estimate of drug-likeness (QED) is 0.763. The summed E-state index contributed by atoms with van der Waals surface area (Å²) in [5, 5.41) is 15.6. The normalized spacial score (nSPS) is 13.5. The van der Waals surface area contributed by atoms with Gasteiger partial charge in [-0.05, 0) is 25.5 Å². The summed E-state index contributed by atoms with van der Waals surface area (Å²) < 4.78 is 10.2. The van der Waals surface area contributed by atoms with Crippen LogP contribution in [-0.4, -0.2) is 32.7 Å². The predicted octanol–water partition coefficient (Wildman–Crippen LogP) is 2.02. The van der Waals surface area contributed by atoms with Gasteiger partial charge in [0.1, 0.15) is 5.54 Å². The predicted molar refractivity (Wildman–Crippen MR) is 79.4 cm³/mol. The molecule has 2 heterocycles. The van der Waals surface area contributed by atoms with E-state index in [9.17, 15) is 14.7 Å². The average Bonchev–Trinajstić information content (AvgIpc) is 3.16. The zero-order chi connectivity index (χ0) is 16.9. The van der Waals surface area contributed by atoms with Crippen molar-refractivity contribution in [2.45, 2.75) is 45.1 Å². The van der Waals surface area contributed by atoms with E-state index < -0.39 is 11.5 Å². The SMILES string of the molecule is CCCC(C)(NC(=O)CCc1nc(-c2ccco2)no1)C(=O)O. The molecule has 1 atom stereocenters. The van der Waals surface area contributed by atoms with Crippen molar-refractivity contribution in [3.8, 4) is 11.6 Å². The van der Waals surface area contributed by atoms with Crippen molar-refractivity contribution in [3.63, 3.8) is 0 Å². The van der Waals surface area contributed by atoms with Gasteiger partial charge in [-0.1, -0.05) is 18.5 Å². The van der Waals surface area contributed by atoms with Crippen LogP contribution in [0.5, 0.6) is 0 Å². The van der Waals surface area contributed by atoms with Gasteiger partial charge in [-0.15, -0.1) is 0 Å². The molecule has 2 aromatic rings.